The molecule has 1 amide bonds. The third kappa shape index (κ3) is 7.37. The van der Waals surface area contributed by atoms with Crippen molar-refractivity contribution in [3.8, 4) is 0 Å². The standard InChI is InChI=1S/C14H27NO2/c1-12(2)11-14(16)15-9-6-10-17-13-7-4-3-5-8-13/h12-13H,3-11H2,1-2H3,(H,15,16). The van der Waals surface area contributed by atoms with Crippen LogP contribution in [0.15, 0.2) is 0 Å². The highest BCUT2D eigenvalue weighted by Gasteiger charge is 2.13. The van der Waals surface area contributed by atoms with Crippen molar-refractivity contribution in [2.45, 2.75) is 64.9 Å². The van der Waals surface area contributed by atoms with Gasteiger partial charge in [-0.15, -0.1) is 0 Å². The molecule has 100 valence electrons. The fraction of sp³-hybridized carbons (Fsp3) is 0.929. The summed E-state index contributed by atoms with van der Waals surface area (Å²) in [5.74, 6) is 0.603. The molecule has 0 heterocycles. The van der Waals surface area contributed by atoms with Crippen LogP contribution in [0.5, 0.6) is 0 Å². The van der Waals surface area contributed by atoms with Crippen LogP contribution < -0.4 is 5.32 Å². The van der Waals surface area contributed by atoms with Crippen LogP contribution in [0.25, 0.3) is 0 Å². The summed E-state index contributed by atoms with van der Waals surface area (Å²) in [7, 11) is 0. The number of carbonyl (C=O) groups excluding carboxylic acids is 1. The van der Waals surface area contributed by atoms with Gasteiger partial charge in [0.25, 0.3) is 0 Å². The Morgan fingerprint density at radius 1 is 1.29 bits per heavy atom. The molecule has 17 heavy (non-hydrogen) atoms. The van der Waals surface area contributed by atoms with E-state index in [0.717, 1.165) is 19.6 Å². The van der Waals surface area contributed by atoms with E-state index in [4.69, 9.17) is 4.74 Å². The van der Waals surface area contributed by atoms with Crippen LogP contribution in [-0.2, 0) is 9.53 Å². The fourth-order valence-corrected chi connectivity index (χ4v) is 2.22. The summed E-state index contributed by atoms with van der Waals surface area (Å²) in [5, 5.41) is 2.93. The summed E-state index contributed by atoms with van der Waals surface area (Å²) in [6.07, 6.45) is 8.48. The molecule has 0 unspecified atom stereocenters. The zero-order valence-corrected chi connectivity index (χ0v) is 11.3. The molecule has 0 spiro atoms. The van der Waals surface area contributed by atoms with Gasteiger partial charge in [-0.05, 0) is 25.2 Å². The van der Waals surface area contributed by atoms with Gasteiger partial charge in [-0.1, -0.05) is 33.1 Å². The molecule has 1 fully saturated rings. The maximum Gasteiger partial charge on any atom is 0.220 e. The molecule has 1 rings (SSSR count). The third-order valence-electron chi connectivity index (χ3n) is 3.14. The van der Waals surface area contributed by atoms with E-state index in [2.05, 4.69) is 19.2 Å². The highest BCUT2D eigenvalue weighted by atomic mass is 16.5. The molecule has 0 aromatic heterocycles. The number of hydrogen-bond acceptors (Lipinski definition) is 2. The Morgan fingerprint density at radius 2 is 2.00 bits per heavy atom. The summed E-state index contributed by atoms with van der Waals surface area (Å²) in [5.41, 5.74) is 0. The molecule has 0 radical (unpaired) electrons. The largest absolute Gasteiger partial charge is 0.378 e. The van der Waals surface area contributed by atoms with Gasteiger partial charge >= 0.3 is 0 Å². The Balaban J connectivity index is 1.91. The second-order valence-corrected chi connectivity index (χ2v) is 5.43. The Labute approximate surface area is 105 Å². The molecule has 0 aromatic carbocycles. The van der Waals surface area contributed by atoms with Crippen molar-refractivity contribution in [1.29, 1.82) is 0 Å². The number of hydrogen-bond donors (Lipinski definition) is 1. The van der Waals surface area contributed by atoms with E-state index in [9.17, 15) is 4.79 Å². The van der Waals surface area contributed by atoms with Gasteiger partial charge in [-0.25, -0.2) is 0 Å². The summed E-state index contributed by atoms with van der Waals surface area (Å²) >= 11 is 0. The van der Waals surface area contributed by atoms with Crippen LogP contribution in [0.4, 0.5) is 0 Å². The predicted molar refractivity (Wildman–Crippen MR) is 69.9 cm³/mol. The zero-order valence-electron chi connectivity index (χ0n) is 11.3. The van der Waals surface area contributed by atoms with Gasteiger partial charge in [0.05, 0.1) is 6.10 Å². The first-order chi connectivity index (χ1) is 8.18. The number of amides is 1. The molecule has 3 nitrogen and oxygen atoms in total. The average Bonchev–Trinajstić information content (AvgIpc) is 2.29. The van der Waals surface area contributed by atoms with Gasteiger partial charge in [0.1, 0.15) is 0 Å². The monoisotopic (exact) mass is 241 g/mol. The van der Waals surface area contributed by atoms with Crippen LogP contribution >= 0.6 is 0 Å². The maximum atomic E-state index is 11.4. The second-order valence-electron chi connectivity index (χ2n) is 5.43. The topological polar surface area (TPSA) is 38.3 Å². The second kappa shape index (κ2) is 8.51. The first-order valence-electron chi connectivity index (χ1n) is 7.07. The van der Waals surface area contributed by atoms with E-state index >= 15 is 0 Å². The SMILES string of the molecule is CC(C)CC(=O)NCCCOC1CCCCC1. The van der Waals surface area contributed by atoms with E-state index in [0.29, 0.717) is 18.4 Å². The Morgan fingerprint density at radius 3 is 2.65 bits per heavy atom. The molecular formula is C14H27NO2. The van der Waals surface area contributed by atoms with Crippen LogP contribution in [0, 0.1) is 5.92 Å². The van der Waals surface area contributed by atoms with Crippen molar-refractivity contribution < 1.29 is 9.53 Å². The number of carbonyl (C=O) groups is 1. The predicted octanol–water partition coefficient (Wildman–Crippen LogP) is 2.89. The maximum absolute atomic E-state index is 11.4. The molecule has 0 saturated heterocycles. The quantitative estimate of drug-likeness (QED) is 0.696. The minimum atomic E-state index is 0.165. The molecule has 0 aliphatic heterocycles. The Bertz CT molecular complexity index is 210. The molecule has 3 heteroatoms. The van der Waals surface area contributed by atoms with Crippen LogP contribution in [0.2, 0.25) is 0 Å². The van der Waals surface area contributed by atoms with E-state index in [1.807, 2.05) is 0 Å². The van der Waals surface area contributed by atoms with Crippen molar-refractivity contribution in [3.05, 3.63) is 0 Å². The van der Waals surface area contributed by atoms with Crippen LogP contribution in [-0.4, -0.2) is 25.2 Å². The smallest absolute Gasteiger partial charge is 0.220 e. The normalized spacial score (nSPS) is 17.4. The number of nitrogens with one attached hydrogen (secondary N) is 1. The number of rotatable bonds is 7. The lowest BCUT2D eigenvalue weighted by molar-refractivity contribution is -0.121. The van der Waals surface area contributed by atoms with Crippen LogP contribution in [0.1, 0.15) is 58.8 Å². The third-order valence-corrected chi connectivity index (χ3v) is 3.14. The molecule has 0 bridgehead atoms. The van der Waals surface area contributed by atoms with E-state index in [-0.39, 0.29) is 5.91 Å². The van der Waals surface area contributed by atoms with Crippen molar-refractivity contribution in [2.75, 3.05) is 13.2 Å². The minimum absolute atomic E-state index is 0.165. The van der Waals surface area contributed by atoms with Crippen molar-refractivity contribution in [1.82, 2.24) is 5.32 Å². The number of ether oxygens (including phenoxy) is 1. The molecule has 1 aliphatic carbocycles. The zero-order chi connectivity index (χ0) is 12.5. The lowest BCUT2D eigenvalue weighted by atomic mass is 9.98. The first kappa shape index (κ1) is 14.5. The summed E-state index contributed by atoms with van der Waals surface area (Å²) in [4.78, 5) is 11.4. The minimum Gasteiger partial charge on any atom is -0.378 e. The van der Waals surface area contributed by atoms with E-state index in [1.54, 1.807) is 0 Å². The highest BCUT2D eigenvalue weighted by molar-refractivity contribution is 5.75. The van der Waals surface area contributed by atoms with Crippen molar-refractivity contribution in [3.63, 3.8) is 0 Å². The van der Waals surface area contributed by atoms with Gasteiger partial charge < -0.3 is 10.1 Å². The van der Waals surface area contributed by atoms with Crippen molar-refractivity contribution in [2.24, 2.45) is 5.92 Å². The first-order valence-corrected chi connectivity index (χ1v) is 7.07. The Kier molecular flexibility index (Phi) is 7.25. The summed E-state index contributed by atoms with van der Waals surface area (Å²) in [6.45, 7) is 5.66. The Hall–Kier alpha value is -0.570. The van der Waals surface area contributed by atoms with Crippen molar-refractivity contribution >= 4 is 5.91 Å². The molecular weight excluding hydrogens is 214 g/mol. The lowest BCUT2D eigenvalue weighted by Gasteiger charge is -2.21. The molecule has 1 N–H and O–H groups in total. The van der Waals surface area contributed by atoms with Gasteiger partial charge in [0.2, 0.25) is 5.91 Å². The van der Waals surface area contributed by atoms with Crippen LogP contribution in [0.3, 0.4) is 0 Å². The summed E-state index contributed by atoms with van der Waals surface area (Å²) in [6, 6.07) is 0. The fourth-order valence-electron chi connectivity index (χ4n) is 2.22. The molecule has 1 aliphatic rings. The highest BCUT2D eigenvalue weighted by Crippen LogP contribution is 2.20. The van der Waals surface area contributed by atoms with Gasteiger partial charge in [-0.2, -0.15) is 0 Å². The van der Waals surface area contributed by atoms with E-state index in [1.165, 1.54) is 32.1 Å². The van der Waals surface area contributed by atoms with Gasteiger partial charge in [0.15, 0.2) is 0 Å². The lowest BCUT2D eigenvalue weighted by Crippen LogP contribution is -2.27. The van der Waals surface area contributed by atoms with Gasteiger partial charge in [0, 0.05) is 19.6 Å². The molecule has 1 saturated carbocycles. The average molecular weight is 241 g/mol. The summed E-state index contributed by atoms with van der Waals surface area (Å²) < 4.78 is 5.79. The van der Waals surface area contributed by atoms with Gasteiger partial charge in [-0.3, -0.25) is 4.79 Å². The molecule has 0 aromatic rings. The van der Waals surface area contributed by atoms with E-state index < -0.39 is 0 Å². The molecule has 0 atom stereocenters.